The number of amides is 2. The summed E-state index contributed by atoms with van der Waals surface area (Å²) in [5, 5.41) is 4.97. The van der Waals surface area contributed by atoms with Gasteiger partial charge >= 0.3 is 6.03 Å². The minimum absolute atomic E-state index is 0.137. The van der Waals surface area contributed by atoms with Crippen molar-refractivity contribution in [3.63, 3.8) is 0 Å². The Morgan fingerprint density at radius 1 is 1.36 bits per heavy atom. The Balaban J connectivity index is 1.67. The minimum atomic E-state index is -0.180. The van der Waals surface area contributed by atoms with Crippen LogP contribution in [0.25, 0.3) is 0 Å². The van der Waals surface area contributed by atoms with Crippen LogP contribution in [0.2, 0.25) is 0 Å². The van der Waals surface area contributed by atoms with E-state index in [1.165, 1.54) is 12.7 Å². The number of nitrogens with zero attached hydrogens (tertiary/aromatic N) is 2. The van der Waals surface area contributed by atoms with Gasteiger partial charge in [0.15, 0.2) is 17.9 Å². The predicted molar refractivity (Wildman–Crippen MR) is 105 cm³/mol. The molecule has 0 fully saturated rings. The molecule has 1 aliphatic rings. The second-order valence-electron chi connectivity index (χ2n) is 6.41. The van der Waals surface area contributed by atoms with Gasteiger partial charge in [0, 0.05) is 11.4 Å². The number of oxazole rings is 1. The summed E-state index contributed by atoms with van der Waals surface area (Å²) < 4.78 is 15.9. The van der Waals surface area contributed by atoms with Crippen LogP contribution in [0, 0.1) is 0 Å². The van der Waals surface area contributed by atoms with Crippen molar-refractivity contribution >= 4 is 17.4 Å². The number of urea groups is 1. The van der Waals surface area contributed by atoms with E-state index in [0.717, 1.165) is 22.4 Å². The highest BCUT2D eigenvalue weighted by Crippen LogP contribution is 2.42. The normalized spacial score (nSPS) is 15.8. The number of aromatic nitrogens is 1. The Labute approximate surface area is 166 Å². The first-order valence-corrected chi connectivity index (χ1v) is 9.79. The van der Waals surface area contributed by atoms with Crippen molar-refractivity contribution in [2.24, 2.45) is 0 Å². The van der Waals surface area contributed by atoms with Crippen LogP contribution in [0.4, 0.5) is 4.79 Å². The molecule has 4 rings (SSSR count). The third kappa shape index (κ3) is 3.43. The number of fused-ring (bicyclic) bond motifs is 1. The number of rotatable bonds is 5. The van der Waals surface area contributed by atoms with Crippen LogP contribution in [0.1, 0.15) is 27.7 Å². The molecule has 8 heteroatoms. The first-order chi connectivity index (χ1) is 13.7. The summed E-state index contributed by atoms with van der Waals surface area (Å²) in [4.78, 5) is 20.0. The second kappa shape index (κ2) is 7.93. The van der Waals surface area contributed by atoms with Crippen molar-refractivity contribution in [2.75, 3.05) is 20.8 Å². The molecule has 7 nitrogen and oxygen atoms in total. The summed E-state index contributed by atoms with van der Waals surface area (Å²) >= 11 is 1.63. The van der Waals surface area contributed by atoms with Crippen molar-refractivity contribution in [1.82, 2.24) is 15.2 Å². The fraction of sp³-hybridized carbons (Fsp3) is 0.300. The van der Waals surface area contributed by atoms with E-state index in [1.807, 2.05) is 28.5 Å². The Morgan fingerprint density at radius 2 is 2.18 bits per heavy atom. The molecule has 2 aromatic heterocycles. The van der Waals surface area contributed by atoms with Gasteiger partial charge in [0.05, 0.1) is 32.5 Å². The summed E-state index contributed by atoms with van der Waals surface area (Å²) in [5.41, 5.74) is 2.91. The van der Waals surface area contributed by atoms with Gasteiger partial charge in [0.25, 0.3) is 0 Å². The van der Waals surface area contributed by atoms with Gasteiger partial charge in [0.1, 0.15) is 6.26 Å². The van der Waals surface area contributed by atoms with E-state index in [1.54, 1.807) is 25.6 Å². The molecule has 1 aromatic carbocycles. The first-order valence-electron chi connectivity index (χ1n) is 8.91. The van der Waals surface area contributed by atoms with Crippen molar-refractivity contribution in [2.45, 2.75) is 19.0 Å². The van der Waals surface area contributed by atoms with Gasteiger partial charge in [-0.05, 0) is 41.1 Å². The molecule has 1 aliphatic heterocycles. The average Bonchev–Trinajstić information content (AvgIpc) is 3.44. The van der Waals surface area contributed by atoms with Gasteiger partial charge in [-0.15, -0.1) is 11.3 Å². The molecule has 0 saturated heterocycles. The molecule has 3 aromatic rings. The SMILES string of the molecule is COc1cc2c(cc1OC)C(c1cccs1)N(C(=O)NCc1cocn1)CC2. The van der Waals surface area contributed by atoms with E-state index in [9.17, 15) is 4.79 Å². The summed E-state index contributed by atoms with van der Waals surface area (Å²) in [5.74, 6) is 1.36. The van der Waals surface area contributed by atoms with Gasteiger partial charge in [-0.2, -0.15) is 0 Å². The van der Waals surface area contributed by atoms with Crippen LogP contribution < -0.4 is 14.8 Å². The number of hydrogen-bond acceptors (Lipinski definition) is 6. The van der Waals surface area contributed by atoms with Gasteiger partial charge < -0.3 is 24.1 Å². The Kier molecular flexibility index (Phi) is 5.21. The molecule has 0 radical (unpaired) electrons. The Morgan fingerprint density at radius 3 is 2.86 bits per heavy atom. The van der Waals surface area contributed by atoms with Gasteiger partial charge in [-0.25, -0.2) is 9.78 Å². The molecule has 0 aliphatic carbocycles. The van der Waals surface area contributed by atoms with Crippen molar-refractivity contribution in [3.8, 4) is 11.5 Å². The standard InChI is InChI=1S/C20H21N3O4S/c1-25-16-8-13-5-6-23(20(24)21-10-14-11-27-12-22-14)19(18-4-3-7-28-18)15(13)9-17(16)26-2/h3-4,7-9,11-12,19H,5-6,10H2,1-2H3,(H,21,24). The lowest BCUT2D eigenvalue weighted by molar-refractivity contribution is 0.180. The molecular formula is C20H21N3O4S. The predicted octanol–water partition coefficient (Wildman–Crippen LogP) is 3.61. The summed E-state index contributed by atoms with van der Waals surface area (Å²) in [7, 11) is 3.25. The quantitative estimate of drug-likeness (QED) is 0.709. The smallest absolute Gasteiger partial charge is 0.318 e. The van der Waals surface area contributed by atoms with Crippen molar-refractivity contribution in [3.05, 3.63) is 64.0 Å². The average molecular weight is 399 g/mol. The number of ether oxygens (including phenoxy) is 2. The van der Waals surface area contributed by atoms with E-state index < -0.39 is 0 Å². The number of benzene rings is 1. The highest BCUT2D eigenvalue weighted by atomic mass is 32.1. The van der Waals surface area contributed by atoms with E-state index in [4.69, 9.17) is 13.9 Å². The lowest BCUT2D eigenvalue weighted by Gasteiger charge is -2.37. The minimum Gasteiger partial charge on any atom is -0.493 e. The molecule has 146 valence electrons. The van der Waals surface area contributed by atoms with Gasteiger partial charge in [-0.1, -0.05) is 6.07 Å². The van der Waals surface area contributed by atoms with Gasteiger partial charge in [-0.3, -0.25) is 0 Å². The number of methoxy groups -OCH3 is 2. The van der Waals surface area contributed by atoms with Crippen LogP contribution in [-0.4, -0.2) is 36.7 Å². The number of hydrogen-bond donors (Lipinski definition) is 1. The fourth-order valence-corrected chi connectivity index (χ4v) is 4.37. The van der Waals surface area contributed by atoms with Crippen LogP contribution >= 0.6 is 11.3 Å². The van der Waals surface area contributed by atoms with E-state index in [2.05, 4.69) is 16.4 Å². The van der Waals surface area contributed by atoms with Crippen molar-refractivity contribution < 1.29 is 18.7 Å². The number of carbonyl (C=O) groups is 1. The molecule has 0 bridgehead atoms. The Hall–Kier alpha value is -3.00. The molecule has 0 spiro atoms. The number of carbonyl (C=O) groups excluding carboxylic acids is 1. The molecule has 3 heterocycles. The summed E-state index contributed by atoms with van der Waals surface area (Å²) in [6.07, 6.45) is 3.63. The van der Waals surface area contributed by atoms with E-state index in [-0.39, 0.29) is 12.1 Å². The zero-order chi connectivity index (χ0) is 19.5. The maximum atomic E-state index is 13.0. The third-order valence-electron chi connectivity index (χ3n) is 4.85. The highest BCUT2D eigenvalue weighted by Gasteiger charge is 2.34. The van der Waals surface area contributed by atoms with Crippen LogP contribution in [0.3, 0.4) is 0 Å². The number of nitrogens with one attached hydrogen (secondary N) is 1. The third-order valence-corrected chi connectivity index (χ3v) is 5.78. The first kappa shape index (κ1) is 18.4. The van der Waals surface area contributed by atoms with Crippen LogP contribution in [0.5, 0.6) is 11.5 Å². The van der Waals surface area contributed by atoms with E-state index >= 15 is 0 Å². The van der Waals surface area contributed by atoms with Crippen LogP contribution in [-0.2, 0) is 13.0 Å². The Bertz CT molecular complexity index is 941. The molecule has 1 atom stereocenters. The molecular weight excluding hydrogens is 378 g/mol. The summed E-state index contributed by atoms with van der Waals surface area (Å²) in [6, 6.07) is 7.73. The highest BCUT2D eigenvalue weighted by molar-refractivity contribution is 7.10. The maximum absolute atomic E-state index is 13.0. The lowest BCUT2D eigenvalue weighted by Crippen LogP contribution is -2.45. The van der Waals surface area contributed by atoms with Crippen LogP contribution in [0.15, 0.2) is 46.7 Å². The molecule has 28 heavy (non-hydrogen) atoms. The molecule has 1 N–H and O–H groups in total. The van der Waals surface area contributed by atoms with E-state index in [0.29, 0.717) is 30.3 Å². The molecule has 2 amide bonds. The lowest BCUT2D eigenvalue weighted by atomic mass is 9.91. The monoisotopic (exact) mass is 399 g/mol. The topological polar surface area (TPSA) is 76.8 Å². The largest absolute Gasteiger partial charge is 0.493 e. The zero-order valence-corrected chi connectivity index (χ0v) is 16.5. The second-order valence-corrected chi connectivity index (χ2v) is 7.39. The maximum Gasteiger partial charge on any atom is 0.318 e. The zero-order valence-electron chi connectivity index (χ0n) is 15.7. The van der Waals surface area contributed by atoms with Crippen molar-refractivity contribution in [1.29, 1.82) is 0 Å². The summed E-state index contributed by atoms with van der Waals surface area (Å²) in [6.45, 7) is 0.928. The van der Waals surface area contributed by atoms with Gasteiger partial charge in [0.2, 0.25) is 0 Å². The number of thiophene rings is 1. The fourth-order valence-electron chi connectivity index (χ4n) is 3.51. The molecule has 0 saturated carbocycles. The molecule has 1 unspecified atom stereocenters.